The van der Waals surface area contributed by atoms with Crippen molar-refractivity contribution in [3.8, 4) is 0 Å². The van der Waals surface area contributed by atoms with Crippen LogP contribution < -0.4 is 0 Å². The normalized spacial score (nSPS) is 15.2. The summed E-state index contributed by atoms with van der Waals surface area (Å²) in [5, 5.41) is 8.83. The average Bonchev–Trinajstić information content (AvgIpc) is 2.96. The Morgan fingerprint density at radius 2 is 1.81 bits per heavy atom. The van der Waals surface area contributed by atoms with Gasteiger partial charge in [0, 0.05) is 37.1 Å². The summed E-state index contributed by atoms with van der Waals surface area (Å²) >= 11 is 0. The number of para-hydroxylation sites is 1. The highest BCUT2D eigenvalue weighted by atomic mass is 15.1. The molecule has 2 heterocycles. The molecule has 0 saturated carbocycles. The molecule has 3 nitrogen and oxygen atoms in total. The Hall–Kier alpha value is -2.13. The third-order valence-corrected chi connectivity index (χ3v) is 4.43. The van der Waals surface area contributed by atoms with Crippen molar-refractivity contribution in [2.75, 3.05) is 13.1 Å². The van der Waals surface area contributed by atoms with Gasteiger partial charge in [0.25, 0.3) is 0 Å². The Morgan fingerprint density at radius 1 is 1.00 bits per heavy atom. The smallest absolute Gasteiger partial charge is 0.0923 e. The lowest BCUT2D eigenvalue weighted by molar-refractivity contribution is 0.257. The molecule has 21 heavy (non-hydrogen) atoms. The van der Waals surface area contributed by atoms with Gasteiger partial charge in [-0.1, -0.05) is 42.5 Å². The highest BCUT2D eigenvalue weighted by Gasteiger charge is 2.16. The average molecular weight is 277 g/mol. The molecule has 0 atom stereocenters. The minimum atomic E-state index is 1.03. The fraction of sp³-hybridized carbons (Fsp3) is 0.278. The summed E-state index contributed by atoms with van der Waals surface area (Å²) < 4.78 is 0. The summed E-state index contributed by atoms with van der Waals surface area (Å²) in [5.41, 5.74) is 5.32. The number of benzene rings is 2. The van der Waals surface area contributed by atoms with E-state index in [2.05, 4.69) is 57.6 Å². The van der Waals surface area contributed by atoms with Gasteiger partial charge < -0.3 is 0 Å². The van der Waals surface area contributed by atoms with E-state index in [4.69, 9.17) is 0 Å². The van der Waals surface area contributed by atoms with E-state index in [9.17, 15) is 0 Å². The van der Waals surface area contributed by atoms with Crippen molar-refractivity contribution in [3.63, 3.8) is 0 Å². The predicted octanol–water partition coefficient (Wildman–Crippen LogP) is 3.16. The van der Waals surface area contributed by atoms with Crippen molar-refractivity contribution in [1.29, 1.82) is 0 Å². The topological polar surface area (TPSA) is 31.9 Å². The van der Waals surface area contributed by atoms with Gasteiger partial charge in [-0.05, 0) is 23.6 Å². The highest BCUT2D eigenvalue weighted by Crippen LogP contribution is 2.20. The number of nitrogens with one attached hydrogen (secondary N) is 1. The van der Waals surface area contributed by atoms with Gasteiger partial charge in [-0.2, -0.15) is 5.10 Å². The molecule has 0 radical (unpaired) electrons. The third-order valence-electron chi connectivity index (χ3n) is 4.43. The van der Waals surface area contributed by atoms with Gasteiger partial charge >= 0.3 is 0 Å². The van der Waals surface area contributed by atoms with Crippen molar-refractivity contribution in [2.45, 2.75) is 19.4 Å². The first kappa shape index (κ1) is 12.6. The lowest BCUT2D eigenvalue weighted by Gasteiger charge is -2.28. The van der Waals surface area contributed by atoms with Crippen molar-refractivity contribution in [3.05, 3.63) is 65.4 Å². The Labute approximate surface area is 124 Å². The van der Waals surface area contributed by atoms with Crippen molar-refractivity contribution in [2.24, 2.45) is 0 Å². The Bertz CT molecular complexity index is 760. The molecular formula is C18H19N3. The zero-order valence-corrected chi connectivity index (χ0v) is 12.0. The molecule has 1 aliphatic rings. The number of aromatic nitrogens is 2. The van der Waals surface area contributed by atoms with Crippen LogP contribution in [0.25, 0.3) is 10.9 Å². The predicted molar refractivity (Wildman–Crippen MR) is 85.2 cm³/mol. The van der Waals surface area contributed by atoms with E-state index < -0.39 is 0 Å². The summed E-state index contributed by atoms with van der Waals surface area (Å²) in [5.74, 6) is 0. The molecule has 0 aliphatic carbocycles. The molecule has 1 aromatic heterocycles. The van der Waals surface area contributed by atoms with Crippen LogP contribution in [0.1, 0.15) is 16.8 Å². The second-order valence-electron chi connectivity index (χ2n) is 5.76. The summed E-state index contributed by atoms with van der Waals surface area (Å²) in [6.45, 7) is 3.31. The van der Waals surface area contributed by atoms with Crippen LogP contribution in [0.2, 0.25) is 0 Å². The van der Waals surface area contributed by atoms with Crippen LogP contribution in [0.5, 0.6) is 0 Å². The van der Waals surface area contributed by atoms with Gasteiger partial charge in [-0.3, -0.25) is 10.00 Å². The number of nitrogens with zero attached hydrogens (tertiary/aromatic N) is 2. The molecule has 3 aromatic rings. The minimum Gasteiger partial charge on any atom is -0.298 e. The first-order chi connectivity index (χ1) is 10.4. The Balaban J connectivity index is 1.46. The van der Waals surface area contributed by atoms with Crippen LogP contribution in [0.15, 0.2) is 48.5 Å². The quantitative estimate of drug-likeness (QED) is 0.797. The van der Waals surface area contributed by atoms with Crippen LogP contribution in [0.3, 0.4) is 0 Å². The van der Waals surface area contributed by atoms with Crippen molar-refractivity contribution in [1.82, 2.24) is 15.1 Å². The maximum absolute atomic E-state index is 4.37. The van der Waals surface area contributed by atoms with Gasteiger partial charge in [-0.15, -0.1) is 0 Å². The van der Waals surface area contributed by atoms with Crippen LogP contribution >= 0.6 is 0 Å². The SMILES string of the molecule is c1ccc2c(c1)CCN(CCc1[nH]nc3ccccc13)C2. The summed E-state index contributed by atoms with van der Waals surface area (Å²) in [4.78, 5) is 2.54. The molecule has 4 rings (SSSR count). The number of aromatic amines is 1. The van der Waals surface area contributed by atoms with Crippen LogP contribution in [0.4, 0.5) is 0 Å². The lowest BCUT2D eigenvalue weighted by Crippen LogP contribution is -2.32. The van der Waals surface area contributed by atoms with Gasteiger partial charge in [0.2, 0.25) is 0 Å². The fourth-order valence-electron chi connectivity index (χ4n) is 3.22. The zero-order chi connectivity index (χ0) is 14.1. The van der Waals surface area contributed by atoms with Crippen LogP contribution in [0, 0.1) is 0 Å². The largest absolute Gasteiger partial charge is 0.298 e. The van der Waals surface area contributed by atoms with Gasteiger partial charge in [0.05, 0.1) is 5.52 Å². The monoisotopic (exact) mass is 277 g/mol. The molecule has 0 saturated heterocycles. The van der Waals surface area contributed by atoms with Crippen LogP contribution in [-0.2, 0) is 19.4 Å². The molecule has 0 fully saturated rings. The summed E-state index contributed by atoms with van der Waals surface area (Å²) in [6.07, 6.45) is 2.20. The molecule has 3 heteroatoms. The molecule has 2 aromatic carbocycles. The van der Waals surface area contributed by atoms with Crippen molar-refractivity contribution >= 4 is 10.9 Å². The number of fused-ring (bicyclic) bond motifs is 2. The number of hydrogen-bond acceptors (Lipinski definition) is 2. The minimum absolute atomic E-state index is 1.03. The lowest BCUT2D eigenvalue weighted by atomic mass is 10.00. The number of hydrogen-bond donors (Lipinski definition) is 1. The van der Waals surface area contributed by atoms with E-state index in [1.807, 2.05) is 6.07 Å². The van der Waals surface area contributed by atoms with Gasteiger partial charge in [0.15, 0.2) is 0 Å². The Morgan fingerprint density at radius 3 is 2.76 bits per heavy atom. The second kappa shape index (κ2) is 5.34. The molecule has 0 unspecified atom stereocenters. The van der Waals surface area contributed by atoms with E-state index in [0.29, 0.717) is 0 Å². The van der Waals surface area contributed by atoms with E-state index in [1.54, 1.807) is 0 Å². The molecule has 1 N–H and O–H groups in total. The highest BCUT2D eigenvalue weighted by molar-refractivity contribution is 5.81. The van der Waals surface area contributed by atoms with E-state index in [0.717, 1.165) is 31.6 Å². The first-order valence-electron chi connectivity index (χ1n) is 7.61. The van der Waals surface area contributed by atoms with E-state index >= 15 is 0 Å². The van der Waals surface area contributed by atoms with Gasteiger partial charge in [-0.25, -0.2) is 0 Å². The van der Waals surface area contributed by atoms with Crippen molar-refractivity contribution < 1.29 is 0 Å². The molecule has 0 spiro atoms. The summed E-state index contributed by atoms with van der Waals surface area (Å²) in [6, 6.07) is 17.1. The third kappa shape index (κ3) is 2.45. The van der Waals surface area contributed by atoms with E-state index in [1.165, 1.54) is 28.6 Å². The van der Waals surface area contributed by atoms with Gasteiger partial charge in [0.1, 0.15) is 0 Å². The second-order valence-corrected chi connectivity index (χ2v) is 5.76. The van der Waals surface area contributed by atoms with E-state index in [-0.39, 0.29) is 0 Å². The molecule has 0 bridgehead atoms. The zero-order valence-electron chi connectivity index (χ0n) is 12.0. The molecule has 106 valence electrons. The van der Waals surface area contributed by atoms with Crippen LogP contribution in [-0.4, -0.2) is 28.2 Å². The molecular weight excluding hydrogens is 258 g/mol. The first-order valence-corrected chi connectivity index (χ1v) is 7.61. The number of H-pyrrole nitrogens is 1. The Kier molecular flexibility index (Phi) is 3.20. The fourth-order valence-corrected chi connectivity index (χ4v) is 3.22. The summed E-state index contributed by atoms with van der Waals surface area (Å²) in [7, 11) is 0. The standard InChI is InChI=1S/C18H19N3/c1-2-6-15-13-21(11-9-14(15)5-1)12-10-18-16-7-3-4-8-17(16)19-20-18/h1-8H,9-13H2,(H,19,20). The number of rotatable bonds is 3. The molecule has 1 aliphatic heterocycles. The maximum atomic E-state index is 4.37. The molecule has 0 amide bonds. The maximum Gasteiger partial charge on any atom is 0.0923 e.